The lowest BCUT2D eigenvalue weighted by Gasteiger charge is -2.37. The first-order chi connectivity index (χ1) is 8.81. The molecular formula is C10H10IN5OS. The highest BCUT2D eigenvalue weighted by molar-refractivity contribution is 14.2. The van der Waals surface area contributed by atoms with E-state index in [2.05, 4.69) is 36.5 Å². The lowest BCUT2D eigenvalue weighted by atomic mass is 10.1. The van der Waals surface area contributed by atoms with E-state index in [4.69, 9.17) is 0 Å². The van der Waals surface area contributed by atoms with Crippen molar-refractivity contribution in [3.63, 3.8) is 0 Å². The Morgan fingerprint density at radius 1 is 1.50 bits per heavy atom. The van der Waals surface area contributed by atoms with Gasteiger partial charge in [-0.1, -0.05) is 0 Å². The zero-order valence-corrected chi connectivity index (χ0v) is 12.3. The third-order valence-corrected chi connectivity index (χ3v) is 4.64. The minimum absolute atomic E-state index is 0.281. The number of carbonyl (C=O) groups excluding carboxylic acids is 1. The van der Waals surface area contributed by atoms with Gasteiger partial charge in [0, 0.05) is 49.6 Å². The molecule has 2 aromatic rings. The Balaban J connectivity index is 1.84. The number of aromatic nitrogens is 3. The van der Waals surface area contributed by atoms with Crippen molar-refractivity contribution in [3.8, 4) is 0 Å². The molecule has 94 valence electrons. The summed E-state index contributed by atoms with van der Waals surface area (Å²) in [6.45, 7) is 1.47. The van der Waals surface area contributed by atoms with Gasteiger partial charge in [-0.05, 0) is 6.07 Å². The molecule has 0 radical (unpaired) electrons. The highest BCUT2D eigenvalue weighted by Crippen LogP contribution is 2.27. The number of carbonyl (C=O) groups is 1. The van der Waals surface area contributed by atoms with E-state index in [0.29, 0.717) is 0 Å². The summed E-state index contributed by atoms with van der Waals surface area (Å²) in [5.41, 5.74) is 0.901. The molecule has 1 N–H and O–H groups in total. The molecule has 1 saturated heterocycles. The molecule has 2 aromatic heterocycles. The summed E-state index contributed by atoms with van der Waals surface area (Å²) in [6, 6.07) is 2.28. The van der Waals surface area contributed by atoms with E-state index in [9.17, 15) is 4.79 Å². The van der Waals surface area contributed by atoms with Gasteiger partial charge in [0.15, 0.2) is 5.65 Å². The zero-order chi connectivity index (χ0) is 12.5. The van der Waals surface area contributed by atoms with Crippen molar-refractivity contribution in [2.24, 2.45) is 0 Å². The van der Waals surface area contributed by atoms with Crippen LogP contribution in [0.15, 0.2) is 18.6 Å². The topological polar surface area (TPSA) is 63.1 Å². The summed E-state index contributed by atoms with van der Waals surface area (Å²) in [7, 11) is 1.57. The monoisotopic (exact) mass is 375 g/mol. The molecule has 8 heteroatoms. The van der Waals surface area contributed by atoms with E-state index in [1.807, 2.05) is 16.2 Å². The molecule has 0 saturated carbocycles. The van der Waals surface area contributed by atoms with Gasteiger partial charge in [-0.25, -0.2) is 9.97 Å². The predicted octanol–water partition coefficient (Wildman–Crippen LogP) is 1.53. The van der Waals surface area contributed by atoms with Crippen LogP contribution in [0.2, 0.25) is 0 Å². The molecule has 1 aliphatic heterocycles. The molecular weight excluding hydrogens is 365 g/mol. The third-order valence-electron chi connectivity index (χ3n) is 2.92. The predicted molar refractivity (Wildman–Crippen MR) is 79.6 cm³/mol. The van der Waals surface area contributed by atoms with Crippen LogP contribution in [0, 0.1) is 0 Å². The molecule has 0 aliphatic carbocycles. The molecule has 1 fully saturated rings. The van der Waals surface area contributed by atoms with E-state index in [-0.39, 0.29) is 6.04 Å². The number of nitrogens with zero attached hydrogens (tertiary/aromatic N) is 4. The summed E-state index contributed by atoms with van der Waals surface area (Å²) >= 11 is 2.21. The van der Waals surface area contributed by atoms with Gasteiger partial charge in [0.1, 0.15) is 12.1 Å². The fraction of sp³-hybridized carbons (Fsp3) is 0.300. The highest BCUT2D eigenvalue weighted by Gasteiger charge is 2.26. The van der Waals surface area contributed by atoms with E-state index in [0.717, 1.165) is 36.4 Å². The van der Waals surface area contributed by atoms with Crippen LogP contribution in [-0.2, 0) is 4.79 Å². The Morgan fingerprint density at radius 3 is 3.06 bits per heavy atom. The second-order valence-corrected chi connectivity index (χ2v) is 5.78. The first-order valence-electron chi connectivity index (χ1n) is 5.39. The number of anilines is 1. The number of fused-ring (bicyclic) bond motifs is 1. The number of amides is 1. The van der Waals surface area contributed by atoms with Crippen LogP contribution in [0.4, 0.5) is 5.82 Å². The van der Waals surface area contributed by atoms with Crippen LogP contribution in [0.1, 0.15) is 0 Å². The Bertz CT molecular complexity index is 583. The number of likely N-dealkylation sites (tertiary alicyclic amines) is 1. The van der Waals surface area contributed by atoms with Gasteiger partial charge in [0.05, 0.1) is 11.4 Å². The average Bonchev–Trinajstić information content (AvgIpc) is 2.76. The molecule has 3 rings (SSSR count). The lowest BCUT2D eigenvalue weighted by molar-refractivity contribution is -0.121. The fourth-order valence-corrected chi connectivity index (χ4v) is 3.25. The summed E-state index contributed by atoms with van der Waals surface area (Å²) in [6.07, 6.45) is 4.40. The van der Waals surface area contributed by atoms with Gasteiger partial charge in [0.2, 0.25) is 6.41 Å². The van der Waals surface area contributed by atoms with Crippen molar-refractivity contribution >= 4 is 53.6 Å². The normalized spacial score (nSPS) is 15.7. The fourth-order valence-electron chi connectivity index (χ4n) is 1.98. The number of hydrogen-bond acceptors (Lipinski definition) is 5. The number of rotatable bonds is 4. The SMILES string of the molecule is O=CN1CC(Nc2ncnc3c2ccn3SI)C1. The van der Waals surface area contributed by atoms with Gasteiger partial charge in [-0.3, -0.25) is 8.77 Å². The van der Waals surface area contributed by atoms with Crippen LogP contribution in [0.3, 0.4) is 0 Å². The maximum atomic E-state index is 10.5. The van der Waals surface area contributed by atoms with Crippen molar-refractivity contribution in [1.82, 2.24) is 18.8 Å². The summed E-state index contributed by atoms with van der Waals surface area (Å²) in [5.74, 6) is 0.833. The number of hydrogen-bond donors (Lipinski definition) is 1. The Hall–Kier alpha value is -1.03. The second-order valence-electron chi connectivity index (χ2n) is 4.07. The van der Waals surface area contributed by atoms with Crippen molar-refractivity contribution in [2.75, 3.05) is 18.4 Å². The molecule has 1 amide bonds. The van der Waals surface area contributed by atoms with Gasteiger partial charge in [-0.15, -0.1) is 0 Å². The number of halogens is 1. The van der Waals surface area contributed by atoms with Crippen molar-refractivity contribution in [2.45, 2.75) is 6.04 Å². The first-order valence-corrected chi connectivity index (χ1v) is 8.70. The lowest BCUT2D eigenvalue weighted by Crippen LogP contribution is -2.53. The maximum absolute atomic E-state index is 10.5. The van der Waals surface area contributed by atoms with Crippen LogP contribution in [0.5, 0.6) is 0 Å². The van der Waals surface area contributed by atoms with Crippen LogP contribution in [-0.4, -0.2) is 44.4 Å². The standard InChI is InChI=1S/C10H10IN5OS/c11-18-16-2-1-8-9(12-5-13-10(8)16)14-7-3-15(4-7)6-17/h1-2,5-7H,3-4H2,(H,12,13,14). The Kier molecular flexibility index (Phi) is 3.29. The average molecular weight is 375 g/mol. The van der Waals surface area contributed by atoms with Crippen LogP contribution < -0.4 is 5.32 Å². The van der Waals surface area contributed by atoms with E-state index in [1.165, 1.54) is 0 Å². The summed E-state index contributed by atoms with van der Waals surface area (Å²) in [5, 5.41) is 4.35. The van der Waals surface area contributed by atoms with Crippen molar-refractivity contribution < 1.29 is 4.79 Å². The van der Waals surface area contributed by atoms with Crippen LogP contribution >= 0.6 is 30.3 Å². The molecule has 1 aliphatic rings. The molecule has 3 heterocycles. The highest BCUT2D eigenvalue weighted by atomic mass is 127. The molecule has 0 bridgehead atoms. The largest absolute Gasteiger partial charge is 0.363 e. The Morgan fingerprint density at radius 2 is 2.33 bits per heavy atom. The molecule has 0 unspecified atom stereocenters. The smallest absolute Gasteiger partial charge is 0.209 e. The Labute approximate surface area is 120 Å². The van der Waals surface area contributed by atoms with E-state index < -0.39 is 0 Å². The summed E-state index contributed by atoms with van der Waals surface area (Å²) in [4.78, 5) is 20.8. The number of nitrogens with one attached hydrogen (secondary N) is 1. The first kappa shape index (κ1) is 12.0. The maximum Gasteiger partial charge on any atom is 0.209 e. The van der Waals surface area contributed by atoms with Crippen LogP contribution in [0.25, 0.3) is 11.0 Å². The zero-order valence-electron chi connectivity index (χ0n) is 9.28. The van der Waals surface area contributed by atoms with E-state index in [1.54, 1.807) is 20.3 Å². The minimum atomic E-state index is 0.281. The van der Waals surface area contributed by atoms with Crippen molar-refractivity contribution in [3.05, 3.63) is 18.6 Å². The second kappa shape index (κ2) is 4.92. The van der Waals surface area contributed by atoms with Gasteiger partial charge < -0.3 is 10.2 Å². The van der Waals surface area contributed by atoms with Gasteiger partial charge in [-0.2, -0.15) is 0 Å². The minimum Gasteiger partial charge on any atom is -0.363 e. The third kappa shape index (κ3) is 2.03. The molecule has 0 aromatic carbocycles. The van der Waals surface area contributed by atoms with E-state index >= 15 is 0 Å². The van der Waals surface area contributed by atoms with Crippen molar-refractivity contribution in [1.29, 1.82) is 0 Å². The molecule has 0 spiro atoms. The van der Waals surface area contributed by atoms with Gasteiger partial charge >= 0.3 is 0 Å². The molecule has 18 heavy (non-hydrogen) atoms. The van der Waals surface area contributed by atoms with Gasteiger partial charge in [0.25, 0.3) is 0 Å². The molecule has 0 atom stereocenters. The molecule has 6 nitrogen and oxygen atoms in total. The quantitative estimate of drug-likeness (QED) is 0.649. The summed E-state index contributed by atoms with van der Waals surface area (Å²) < 4.78 is 1.99.